The number of aromatic nitrogens is 2. The van der Waals surface area contributed by atoms with Crippen molar-refractivity contribution in [1.29, 1.82) is 0 Å². The molecule has 1 aromatic heterocycles. The van der Waals surface area contributed by atoms with Gasteiger partial charge in [0.15, 0.2) is 4.34 Å². The lowest BCUT2D eigenvalue weighted by atomic mass is 10.3. The molecule has 1 amide bonds. The van der Waals surface area contributed by atoms with Crippen LogP contribution in [0.1, 0.15) is 13.8 Å². The first-order valence-corrected chi connectivity index (χ1v) is 11.1. The number of carbonyl (C=O) groups is 1. The average molecular weight is 421 g/mol. The van der Waals surface area contributed by atoms with Gasteiger partial charge in [0.1, 0.15) is 6.54 Å². The first kappa shape index (κ1) is 20.0. The van der Waals surface area contributed by atoms with Crippen LogP contribution in [0.4, 0.5) is 10.8 Å². The fourth-order valence-corrected chi connectivity index (χ4v) is 4.85. The van der Waals surface area contributed by atoms with Crippen molar-refractivity contribution in [2.24, 2.45) is 0 Å². The molecule has 0 saturated heterocycles. The number of amides is 1. The van der Waals surface area contributed by atoms with E-state index in [2.05, 4.69) is 15.5 Å². The monoisotopic (exact) mass is 420 g/mol. The summed E-state index contributed by atoms with van der Waals surface area (Å²) in [6.45, 7) is 3.67. The zero-order valence-electron chi connectivity index (χ0n) is 13.8. The highest BCUT2D eigenvalue weighted by Crippen LogP contribution is 2.28. The van der Waals surface area contributed by atoms with E-state index in [1.165, 1.54) is 29.2 Å². The predicted molar refractivity (Wildman–Crippen MR) is 103 cm³/mol. The van der Waals surface area contributed by atoms with E-state index in [9.17, 15) is 13.2 Å². The van der Waals surface area contributed by atoms with Gasteiger partial charge >= 0.3 is 0 Å². The Balaban J connectivity index is 2.11. The lowest BCUT2D eigenvalue weighted by Crippen LogP contribution is -2.37. The first-order valence-electron chi connectivity index (χ1n) is 7.18. The topological polar surface area (TPSA) is 92.3 Å². The Morgan fingerprint density at radius 2 is 2.12 bits per heavy atom. The Hall–Kier alpha value is -1.36. The summed E-state index contributed by atoms with van der Waals surface area (Å²) in [5.41, 5.74) is 0.318. The molecule has 1 aromatic carbocycles. The van der Waals surface area contributed by atoms with Crippen LogP contribution in [-0.2, 0) is 14.8 Å². The van der Waals surface area contributed by atoms with Gasteiger partial charge in [0.05, 0.1) is 11.9 Å². The molecule has 136 valence electrons. The average Bonchev–Trinajstić information content (AvgIpc) is 2.89. The fourth-order valence-electron chi connectivity index (χ4n) is 1.83. The van der Waals surface area contributed by atoms with Crippen LogP contribution in [0.3, 0.4) is 0 Å². The van der Waals surface area contributed by atoms with E-state index >= 15 is 0 Å². The van der Waals surface area contributed by atoms with Crippen molar-refractivity contribution in [3.05, 3.63) is 29.3 Å². The van der Waals surface area contributed by atoms with Gasteiger partial charge in [-0.05, 0) is 18.2 Å². The molecule has 0 aliphatic carbocycles. The predicted octanol–water partition coefficient (Wildman–Crippen LogP) is 3.10. The molecule has 0 spiro atoms. The van der Waals surface area contributed by atoms with Crippen molar-refractivity contribution >= 4 is 61.4 Å². The summed E-state index contributed by atoms with van der Waals surface area (Å²) in [6, 6.07) is 6.30. The molecule has 25 heavy (non-hydrogen) atoms. The maximum Gasteiger partial charge on any atom is 0.246 e. The molecule has 11 heteroatoms. The molecule has 0 saturated carbocycles. The second-order valence-corrected chi connectivity index (χ2v) is 10.5. The molecule has 2 rings (SSSR count). The summed E-state index contributed by atoms with van der Waals surface area (Å²) in [5, 5.41) is 11.5. The Morgan fingerprint density at radius 1 is 1.40 bits per heavy atom. The van der Waals surface area contributed by atoms with Crippen LogP contribution in [0.5, 0.6) is 0 Å². The number of hydrogen-bond acceptors (Lipinski definition) is 7. The first-order chi connectivity index (χ1) is 11.6. The summed E-state index contributed by atoms with van der Waals surface area (Å²) in [6.07, 6.45) is 1.03. The fraction of sp³-hybridized carbons (Fsp3) is 0.357. The third-order valence-electron chi connectivity index (χ3n) is 2.77. The van der Waals surface area contributed by atoms with Crippen molar-refractivity contribution < 1.29 is 13.2 Å². The van der Waals surface area contributed by atoms with Crippen molar-refractivity contribution in [1.82, 2.24) is 10.2 Å². The quantitative estimate of drug-likeness (QED) is 0.546. The Morgan fingerprint density at radius 3 is 2.72 bits per heavy atom. The second-order valence-electron chi connectivity index (χ2n) is 5.34. The van der Waals surface area contributed by atoms with Crippen LogP contribution in [0.15, 0.2) is 28.6 Å². The van der Waals surface area contributed by atoms with Gasteiger partial charge < -0.3 is 0 Å². The lowest BCUT2D eigenvalue weighted by molar-refractivity contribution is -0.114. The van der Waals surface area contributed by atoms with Gasteiger partial charge in [0.25, 0.3) is 0 Å². The van der Waals surface area contributed by atoms with Crippen molar-refractivity contribution in [2.45, 2.75) is 23.4 Å². The normalized spacial score (nSPS) is 11.6. The van der Waals surface area contributed by atoms with E-state index < -0.39 is 15.9 Å². The number of halogens is 1. The summed E-state index contributed by atoms with van der Waals surface area (Å²) in [5.74, 6) is -0.511. The number of sulfonamides is 1. The maximum atomic E-state index is 12.2. The largest absolute Gasteiger partial charge is 0.299 e. The van der Waals surface area contributed by atoms with Crippen molar-refractivity contribution in [3.8, 4) is 0 Å². The number of carbonyl (C=O) groups excluding carboxylic acids is 1. The molecule has 0 aliphatic rings. The molecule has 1 heterocycles. The van der Waals surface area contributed by atoms with Crippen LogP contribution in [-0.4, -0.2) is 42.6 Å². The highest BCUT2D eigenvalue weighted by molar-refractivity contribution is 8.01. The van der Waals surface area contributed by atoms with Gasteiger partial charge in [-0.25, -0.2) is 8.42 Å². The number of benzene rings is 1. The van der Waals surface area contributed by atoms with Gasteiger partial charge in [-0.1, -0.05) is 54.6 Å². The van der Waals surface area contributed by atoms with E-state index in [1.54, 1.807) is 18.2 Å². The molecule has 2 aromatic rings. The van der Waals surface area contributed by atoms with Gasteiger partial charge in [-0.15, -0.1) is 10.2 Å². The molecule has 0 aliphatic heterocycles. The summed E-state index contributed by atoms with van der Waals surface area (Å²) >= 11 is 8.69. The van der Waals surface area contributed by atoms with Gasteiger partial charge in [0.2, 0.25) is 21.1 Å². The molecule has 0 fully saturated rings. The minimum atomic E-state index is -3.66. The highest BCUT2D eigenvalue weighted by atomic mass is 35.5. The van der Waals surface area contributed by atoms with E-state index in [0.717, 1.165) is 14.9 Å². The molecular weight excluding hydrogens is 404 g/mol. The van der Waals surface area contributed by atoms with E-state index in [1.807, 2.05) is 13.8 Å². The third-order valence-corrected chi connectivity index (χ3v) is 6.08. The van der Waals surface area contributed by atoms with Gasteiger partial charge in [-0.3, -0.25) is 14.4 Å². The molecule has 0 bridgehead atoms. The molecule has 0 unspecified atom stereocenters. The molecule has 1 N–H and O–H groups in total. The minimum Gasteiger partial charge on any atom is -0.299 e. The Bertz CT molecular complexity index is 855. The van der Waals surface area contributed by atoms with E-state index in [4.69, 9.17) is 11.6 Å². The van der Waals surface area contributed by atoms with Crippen LogP contribution >= 0.6 is 34.7 Å². The van der Waals surface area contributed by atoms with Crippen LogP contribution in [0, 0.1) is 0 Å². The third kappa shape index (κ3) is 6.14. The van der Waals surface area contributed by atoms with Crippen molar-refractivity contribution in [2.75, 3.05) is 22.4 Å². The van der Waals surface area contributed by atoms with Gasteiger partial charge in [-0.2, -0.15) is 0 Å². The highest BCUT2D eigenvalue weighted by Gasteiger charge is 2.22. The summed E-state index contributed by atoms with van der Waals surface area (Å²) in [7, 11) is -3.66. The standard InChI is InChI=1S/C14H17ClN4O3S3/c1-9(2)23-14-18-17-13(24-14)16-12(20)8-19(25(3,21)22)11-6-4-5-10(15)7-11/h4-7,9H,8H2,1-3H3,(H,16,17,20). The SMILES string of the molecule is CC(C)Sc1nnc(NC(=O)CN(c2cccc(Cl)c2)S(C)(=O)=O)s1. The molecular formula is C14H17ClN4O3S3. The summed E-state index contributed by atoms with van der Waals surface area (Å²) in [4.78, 5) is 12.2. The number of nitrogens with zero attached hydrogens (tertiary/aromatic N) is 3. The van der Waals surface area contributed by atoms with E-state index in [0.29, 0.717) is 21.1 Å². The minimum absolute atomic E-state index is 0.318. The van der Waals surface area contributed by atoms with E-state index in [-0.39, 0.29) is 6.54 Å². The van der Waals surface area contributed by atoms with Gasteiger partial charge in [0, 0.05) is 10.3 Å². The van der Waals surface area contributed by atoms with Crippen LogP contribution < -0.4 is 9.62 Å². The number of anilines is 2. The lowest BCUT2D eigenvalue weighted by Gasteiger charge is -2.21. The maximum absolute atomic E-state index is 12.2. The van der Waals surface area contributed by atoms with Crippen LogP contribution in [0.25, 0.3) is 0 Å². The molecule has 0 atom stereocenters. The Kier molecular flexibility index (Phi) is 6.66. The Labute approximate surface area is 159 Å². The summed E-state index contributed by atoms with van der Waals surface area (Å²) < 4.78 is 25.8. The second kappa shape index (κ2) is 8.35. The molecule has 0 radical (unpaired) electrons. The molecule has 7 nitrogen and oxygen atoms in total. The number of thioether (sulfide) groups is 1. The smallest absolute Gasteiger partial charge is 0.246 e. The number of rotatable bonds is 7. The zero-order valence-corrected chi connectivity index (χ0v) is 17.0. The zero-order chi connectivity index (χ0) is 18.6. The number of hydrogen-bond donors (Lipinski definition) is 1. The number of nitrogens with one attached hydrogen (secondary N) is 1. The van der Waals surface area contributed by atoms with Crippen LogP contribution in [0.2, 0.25) is 5.02 Å². The van der Waals surface area contributed by atoms with Crippen molar-refractivity contribution in [3.63, 3.8) is 0 Å².